The van der Waals surface area contributed by atoms with Crippen molar-refractivity contribution in [3.63, 3.8) is 0 Å². The monoisotopic (exact) mass is 1880 g/mol. The van der Waals surface area contributed by atoms with E-state index in [4.69, 9.17) is 0 Å². The Balaban J connectivity index is 0.000000146. The second-order valence-electron chi connectivity index (χ2n) is 38.6. The highest BCUT2D eigenvalue weighted by Crippen LogP contribution is 2.46. The van der Waals surface area contributed by atoms with Crippen LogP contribution in [0, 0.1) is 0 Å². The zero-order valence-corrected chi connectivity index (χ0v) is 81.2. The van der Waals surface area contributed by atoms with Gasteiger partial charge in [0.25, 0.3) is 0 Å². The van der Waals surface area contributed by atoms with Crippen LogP contribution in [0.3, 0.4) is 0 Å². The largest absolute Gasteiger partial charge is 0.309 e. The van der Waals surface area contributed by atoms with Crippen molar-refractivity contribution in [2.75, 3.05) is 0 Å². The molecule has 24 aromatic carbocycles. The highest BCUT2D eigenvalue weighted by atomic mass is 15.0. The molecule has 148 heavy (non-hydrogen) atoms. The summed E-state index contributed by atoms with van der Waals surface area (Å²) in [5.74, 6) is 0. The lowest BCUT2D eigenvalue weighted by molar-refractivity contribution is 1.18. The maximum Gasteiger partial charge on any atom is 0.0541 e. The minimum atomic E-state index is 1.13. The maximum atomic E-state index is 2.42. The first-order chi connectivity index (χ1) is 73.3. The number of fused-ring (bicyclic) bond motifs is 12. The van der Waals surface area contributed by atoms with E-state index in [1.807, 2.05) is 0 Å². The molecular formula is C144H96N4. The Morgan fingerprint density at radius 3 is 0.507 bits per heavy atom. The fourth-order valence-corrected chi connectivity index (χ4v) is 22.6. The lowest BCUT2D eigenvalue weighted by Crippen LogP contribution is -1.94. The average molecular weight is 1880 g/mol. The molecule has 4 heterocycles. The standard InChI is InChI=1S/2C72H48N2/c1-3-15-49(16-4-1)55-19-11-21-57(43-55)58-22-12-20-56(44-58)53-35-31-51(32-36-53)52-33-37-54(38-34-52)60-24-14-26-64(46-60)74-70-30-10-8-28-66(70)68-48-62(40-42-72(68)74)61-39-41-71-67(47-61)65-27-7-9-29-69(65)73(71)63-25-13-23-59(45-63)50-17-5-2-6-18-50;1-3-16-49(17-4-1)54-20-13-22-56(44-54)57-23-14-21-55(45-57)51-32-34-52(35-33-51)63-26-7-8-27-64(63)53-36-40-61(41-37-53)73-69-30-11-9-28-65(69)67-47-59(38-42-71(67)73)60-39-43-72-68(48-60)66-29-10-12-31-70(66)74(72)62-25-15-24-58(46-62)50-18-5-2-6-19-50/h2*1-48H. The highest BCUT2D eigenvalue weighted by molar-refractivity contribution is 6.16. The molecule has 0 aliphatic rings. The fraction of sp³-hybridized carbons (Fsp3) is 0. The van der Waals surface area contributed by atoms with Gasteiger partial charge < -0.3 is 18.3 Å². The molecule has 0 N–H and O–H groups in total. The minimum Gasteiger partial charge on any atom is -0.309 e. The lowest BCUT2D eigenvalue weighted by Gasteiger charge is -2.13. The first-order valence-corrected chi connectivity index (χ1v) is 50.9. The third kappa shape index (κ3) is 16.3. The molecule has 0 atom stereocenters. The van der Waals surface area contributed by atoms with Crippen molar-refractivity contribution in [1.82, 2.24) is 18.3 Å². The van der Waals surface area contributed by atoms with E-state index in [1.165, 1.54) is 243 Å². The first-order valence-electron chi connectivity index (χ1n) is 50.9. The third-order valence-corrected chi connectivity index (χ3v) is 29.9. The molecule has 0 saturated heterocycles. The molecule has 28 aromatic rings. The van der Waals surface area contributed by atoms with Gasteiger partial charge in [0.05, 0.1) is 44.1 Å². The van der Waals surface area contributed by atoms with Gasteiger partial charge in [-0.3, -0.25) is 0 Å². The summed E-state index contributed by atoms with van der Waals surface area (Å²) in [5, 5.41) is 9.93. The van der Waals surface area contributed by atoms with Gasteiger partial charge in [-0.25, -0.2) is 0 Å². The van der Waals surface area contributed by atoms with E-state index in [0.717, 1.165) is 22.7 Å². The van der Waals surface area contributed by atoms with E-state index >= 15 is 0 Å². The van der Waals surface area contributed by atoms with E-state index in [9.17, 15) is 0 Å². The molecule has 4 nitrogen and oxygen atoms in total. The summed E-state index contributed by atoms with van der Waals surface area (Å²) in [6.45, 7) is 0. The molecule has 0 bridgehead atoms. The molecule has 4 heteroatoms. The minimum absolute atomic E-state index is 1.13. The summed E-state index contributed by atoms with van der Waals surface area (Å²) in [7, 11) is 0. The van der Waals surface area contributed by atoms with Crippen LogP contribution in [0.25, 0.3) is 266 Å². The Hall–Kier alpha value is -19.5. The molecule has 0 aliphatic heterocycles. The van der Waals surface area contributed by atoms with Gasteiger partial charge in [0.15, 0.2) is 0 Å². The van der Waals surface area contributed by atoms with Crippen LogP contribution < -0.4 is 0 Å². The Morgan fingerprint density at radius 1 is 0.0811 bits per heavy atom. The quantitative estimate of drug-likeness (QED) is 0.0816. The van der Waals surface area contributed by atoms with Crippen molar-refractivity contribution in [1.29, 1.82) is 0 Å². The van der Waals surface area contributed by atoms with Crippen molar-refractivity contribution in [2.24, 2.45) is 0 Å². The van der Waals surface area contributed by atoms with Crippen LogP contribution in [0.4, 0.5) is 0 Å². The molecule has 0 aliphatic carbocycles. The molecule has 28 rings (SSSR count). The molecular weight excluding hydrogens is 1790 g/mol. The van der Waals surface area contributed by atoms with Crippen molar-refractivity contribution in [3.8, 4) is 179 Å². The van der Waals surface area contributed by atoms with E-state index in [2.05, 4.69) is 601 Å². The van der Waals surface area contributed by atoms with Gasteiger partial charge in [-0.15, -0.1) is 0 Å². The molecule has 0 spiro atoms. The van der Waals surface area contributed by atoms with Gasteiger partial charge in [-0.1, -0.05) is 437 Å². The lowest BCUT2D eigenvalue weighted by atomic mass is 9.92. The molecule has 0 unspecified atom stereocenters. The summed E-state index contributed by atoms with van der Waals surface area (Å²) in [5.41, 5.74) is 47.9. The summed E-state index contributed by atoms with van der Waals surface area (Å²) >= 11 is 0. The average Bonchev–Trinajstić information content (AvgIpc) is 1.38. The molecule has 4 aromatic heterocycles. The smallest absolute Gasteiger partial charge is 0.0541 e. The molecule has 0 radical (unpaired) electrons. The van der Waals surface area contributed by atoms with Crippen molar-refractivity contribution in [2.45, 2.75) is 0 Å². The zero-order chi connectivity index (χ0) is 97.9. The number of aromatic nitrogens is 4. The van der Waals surface area contributed by atoms with E-state index in [0.29, 0.717) is 0 Å². The number of benzene rings is 24. The van der Waals surface area contributed by atoms with Crippen LogP contribution in [0.15, 0.2) is 582 Å². The van der Waals surface area contributed by atoms with Crippen molar-refractivity contribution < 1.29 is 0 Å². The Morgan fingerprint density at radius 2 is 0.243 bits per heavy atom. The Kier molecular flexibility index (Phi) is 22.3. The SMILES string of the molecule is c1ccc(-c2cccc(-c3cccc(-c4ccc(-c5ccc(-c6cccc(-n7c8ccccc8c8cc(-c9ccc%10c(c9)c9ccccc9n%10-c9cccc(-c%10ccccc%10)c9)ccc87)c6)cc5)cc4)c3)c2)cc1.c1ccc(-c2cccc(-c3cccc(-c4ccc(-c5ccccc5-c5ccc(-n6c7ccccc7c7cc(-c8ccc9c(c8)c8ccccc8n9-c8cccc(-c9ccccc9)c8)ccc76)cc5)cc4)c3)c2)cc1. The van der Waals surface area contributed by atoms with Crippen LogP contribution in [-0.4, -0.2) is 18.3 Å². The zero-order valence-electron chi connectivity index (χ0n) is 81.2. The number of rotatable bonds is 18. The van der Waals surface area contributed by atoms with Crippen LogP contribution in [0.5, 0.6) is 0 Å². The highest BCUT2D eigenvalue weighted by Gasteiger charge is 2.23. The van der Waals surface area contributed by atoms with E-state index in [-0.39, 0.29) is 0 Å². The predicted molar refractivity (Wildman–Crippen MR) is 626 cm³/mol. The van der Waals surface area contributed by atoms with Crippen LogP contribution in [0.1, 0.15) is 0 Å². The third-order valence-electron chi connectivity index (χ3n) is 29.9. The predicted octanol–water partition coefficient (Wildman–Crippen LogP) is 39.1. The first kappa shape index (κ1) is 87.5. The number of para-hydroxylation sites is 4. The molecule has 0 amide bonds. The van der Waals surface area contributed by atoms with Crippen LogP contribution in [-0.2, 0) is 0 Å². The second kappa shape index (κ2) is 37.7. The summed E-state index contributed by atoms with van der Waals surface area (Å²) in [4.78, 5) is 0. The van der Waals surface area contributed by atoms with Gasteiger partial charge in [-0.2, -0.15) is 0 Å². The van der Waals surface area contributed by atoms with Crippen LogP contribution in [0.2, 0.25) is 0 Å². The van der Waals surface area contributed by atoms with Gasteiger partial charge in [-0.05, 0) is 301 Å². The van der Waals surface area contributed by atoms with Gasteiger partial charge in [0.1, 0.15) is 0 Å². The van der Waals surface area contributed by atoms with Crippen molar-refractivity contribution in [3.05, 3.63) is 582 Å². The van der Waals surface area contributed by atoms with Crippen molar-refractivity contribution >= 4 is 87.2 Å². The van der Waals surface area contributed by atoms with E-state index < -0.39 is 0 Å². The normalized spacial score (nSPS) is 11.5. The Bertz CT molecular complexity index is 9910. The Labute approximate surface area is 860 Å². The van der Waals surface area contributed by atoms with Gasteiger partial charge in [0, 0.05) is 65.8 Å². The van der Waals surface area contributed by atoms with Gasteiger partial charge in [0.2, 0.25) is 0 Å². The number of nitrogens with zero attached hydrogens (tertiary/aromatic N) is 4. The maximum absolute atomic E-state index is 2.42. The second-order valence-corrected chi connectivity index (χ2v) is 38.6. The van der Waals surface area contributed by atoms with Gasteiger partial charge >= 0.3 is 0 Å². The summed E-state index contributed by atoms with van der Waals surface area (Å²) in [6.07, 6.45) is 0. The molecule has 0 fully saturated rings. The molecule has 692 valence electrons. The summed E-state index contributed by atoms with van der Waals surface area (Å²) in [6, 6.07) is 213. The van der Waals surface area contributed by atoms with E-state index in [1.54, 1.807) is 0 Å². The summed E-state index contributed by atoms with van der Waals surface area (Å²) < 4.78 is 9.66. The number of hydrogen-bond acceptors (Lipinski definition) is 0. The fourth-order valence-electron chi connectivity index (χ4n) is 22.6. The topological polar surface area (TPSA) is 19.7 Å². The number of hydrogen-bond donors (Lipinski definition) is 0. The van der Waals surface area contributed by atoms with Crippen LogP contribution >= 0.6 is 0 Å². The molecule has 0 saturated carbocycles.